The normalized spacial score (nSPS) is 7.00. The largest absolute Gasteiger partial charge is 2.00 e. The second-order valence-electron chi connectivity index (χ2n) is 1.41. The molecular weight excluding hydrogens is 296 g/mol. The number of carbonyl (C=O) groups is 1. The van der Waals surface area contributed by atoms with Crippen molar-refractivity contribution in [2.75, 3.05) is 6.61 Å². The van der Waals surface area contributed by atoms with Crippen molar-refractivity contribution in [3.8, 4) is 0 Å². The molecule has 2 nitrogen and oxygen atoms in total. The third kappa shape index (κ3) is 11.6. The number of hydrogen-bond donors (Lipinski definition) is 0. The minimum absolute atomic E-state index is 0. The van der Waals surface area contributed by atoms with Gasteiger partial charge in [0.1, 0.15) is 0 Å². The fourth-order valence-corrected chi connectivity index (χ4v) is 0.377. The molecule has 0 fully saturated rings. The van der Waals surface area contributed by atoms with Crippen LogP contribution in [0.4, 0.5) is 0 Å². The molecule has 0 N–H and O–H groups in total. The molecule has 0 saturated heterocycles. The van der Waals surface area contributed by atoms with Gasteiger partial charge in [-0.3, -0.25) is 4.79 Å². The number of rotatable bonds is 3. The number of esters is 1. The Bertz CT molecular complexity index is 70.1. The molecular formula is C6H11IO2Zn. The average molecular weight is 307 g/mol. The predicted molar refractivity (Wildman–Crippen MR) is 31.2 cm³/mol. The van der Waals surface area contributed by atoms with Crippen LogP contribution in [0, 0.1) is 6.92 Å². The van der Waals surface area contributed by atoms with Crippen LogP contribution in [0.15, 0.2) is 0 Å². The maximum absolute atomic E-state index is 10.4. The van der Waals surface area contributed by atoms with Crippen molar-refractivity contribution in [1.29, 1.82) is 0 Å². The smallest absolute Gasteiger partial charge is 1.00 e. The zero-order valence-corrected chi connectivity index (χ0v) is 11.4. The van der Waals surface area contributed by atoms with E-state index >= 15 is 0 Å². The van der Waals surface area contributed by atoms with E-state index in [2.05, 4.69) is 11.7 Å². The van der Waals surface area contributed by atoms with Gasteiger partial charge < -0.3 is 35.6 Å². The maximum atomic E-state index is 10.4. The zero-order chi connectivity index (χ0) is 6.41. The Morgan fingerprint density at radius 1 is 1.60 bits per heavy atom. The van der Waals surface area contributed by atoms with E-state index in [1.807, 2.05) is 0 Å². The second kappa shape index (κ2) is 12.5. The molecule has 0 aromatic heterocycles. The van der Waals surface area contributed by atoms with E-state index < -0.39 is 0 Å². The Hall–Kier alpha value is 0.823. The summed E-state index contributed by atoms with van der Waals surface area (Å²) in [7, 11) is 0. The summed E-state index contributed by atoms with van der Waals surface area (Å²) in [6.45, 7) is 5.77. The molecule has 4 heteroatoms. The van der Waals surface area contributed by atoms with Crippen LogP contribution >= 0.6 is 0 Å². The fraction of sp³-hybridized carbons (Fsp3) is 0.667. The maximum Gasteiger partial charge on any atom is 2.00 e. The molecule has 0 amide bonds. The minimum Gasteiger partial charge on any atom is -1.00 e. The fourth-order valence-electron chi connectivity index (χ4n) is 0.377. The number of ether oxygens (including phenoxy) is 1. The molecule has 0 radical (unpaired) electrons. The van der Waals surface area contributed by atoms with Crippen LogP contribution in [0.3, 0.4) is 0 Å². The van der Waals surface area contributed by atoms with E-state index in [4.69, 9.17) is 0 Å². The minimum atomic E-state index is -0.150. The van der Waals surface area contributed by atoms with E-state index in [9.17, 15) is 4.79 Å². The van der Waals surface area contributed by atoms with Crippen molar-refractivity contribution < 1.29 is 53.0 Å². The van der Waals surface area contributed by atoms with Crippen LogP contribution in [-0.2, 0) is 29.0 Å². The van der Waals surface area contributed by atoms with Gasteiger partial charge >= 0.3 is 25.4 Å². The van der Waals surface area contributed by atoms with Crippen molar-refractivity contribution >= 4 is 5.97 Å². The van der Waals surface area contributed by atoms with Gasteiger partial charge in [0.25, 0.3) is 0 Å². The summed E-state index contributed by atoms with van der Waals surface area (Å²) in [6.07, 6.45) is 1.06. The molecule has 0 aliphatic carbocycles. The topological polar surface area (TPSA) is 26.3 Å². The van der Waals surface area contributed by atoms with Crippen molar-refractivity contribution in [3.05, 3.63) is 6.92 Å². The average Bonchev–Trinajstić information content (AvgIpc) is 1.68. The van der Waals surface area contributed by atoms with Gasteiger partial charge in [0.2, 0.25) is 0 Å². The molecule has 0 saturated carbocycles. The van der Waals surface area contributed by atoms with Gasteiger partial charge in [-0.05, 0) is 6.92 Å². The van der Waals surface area contributed by atoms with Crippen LogP contribution in [0.2, 0.25) is 0 Å². The van der Waals surface area contributed by atoms with Crippen LogP contribution in [0.1, 0.15) is 19.8 Å². The van der Waals surface area contributed by atoms with Crippen LogP contribution in [0.5, 0.6) is 0 Å². The molecule has 0 unspecified atom stereocenters. The van der Waals surface area contributed by atoms with Gasteiger partial charge in [-0.15, -0.1) is 0 Å². The van der Waals surface area contributed by atoms with E-state index in [0.29, 0.717) is 19.4 Å². The summed E-state index contributed by atoms with van der Waals surface area (Å²) < 4.78 is 4.60. The Kier molecular flexibility index (Phi) is 21.3. The molecule has 0 rings (SSSR count). The van der Waals surface area contributed by atoms with Crippen molar-refractivity contribution in [3.63, 3.8) is 0 Å². The number of carbonyl (C=O) groups excluding carboxylic acids is 1. The van der Waals surface area contributed by atoms with E-state index in [-0.39, 0.29) is 49.4 Å². The molecule has 0 aromatic carbocycles. The summed E-state index contributed by atoms with van der Waals surface area (Å²) in [4.78, 5) is 10.4. The zero-order valence-electron chi connectivity index (χ0n) is 6.23. The quantitative estimate of drug-likeness (QED) is 0.265. The SMILES string of the molecule is [CH2-]CCC(=O)OCC.[I-].[Zn+2]. The van der Waals surface area contributed by atoms with Gasteiger partial charge in [-0.2, -0.15) is 6.42 Å². The van der Waals surface area contributed by atoms with Gasteiger partial charge in [-0.25, -0.2) is 0 Å². The first-order chi connectivity index (χ1) is 3.81. The molecule has 0 spiro atoms. The molecule has 0 aliphatic heterocycles. The molecule has 56 valence electrons. The van der Waals surface area contributed by atoms with E-state index in [1.165, 1.54) is 0 Å². The molecule has 0 heterocycles. The van der Waals surface area contributed by atoms with Crippen molar-refractivity contribution in [2.24, 2.45) is 0 Å². The summed E-state index contributed by atoms with van der Waals surface area (Å²) in [6, 6.07) is 0. The van der Waals surface area contributed by atoms with Gasteiger partial charge in [0.15, 0.2) is 0 Å². The van der Waals surface area contributed by atoms with E-state index in [0.717, 1.165) is 0 Å². The molecule has 0 aromatic rings. The molecule has 0 atom stereocenters. The Labute approximate surface area is 91.9 Å². The van der Waals surface area contributed by atoms with Gasteiger partial charge in [0.05, 0.1) is 6.61 Å². The van der Waals surface area contributed by atoms with E-state index in [1.54, 1.807) is 6.92 Å². The standard InChI is InChI=1S/C6H11O2.HI.Zn/c1-3-5-6(7)8-4-2;;/h1,3-5H2,2H3;1H;/q-1;;+2/p-1. The number of hydrogen-bond acceptors (Lipinski definition) is 2. The van der Waals surface area contributed by atoms with Crippen molar-refractivity contribution in [2.45, 2.75) is 19.8 Å². The molecule has 0 aliphatic rings. The molecule has 0 bridgehead atoms. The summed E-state index contributed by atoms with van der Waals surface area (Å²) in [5.41, 5.74) is 0. The molecule has 10 heavy (non-hydrogen) atoms. The Morgan fingerprint density at radius 2 is 2.10 bits per heavy atom. The second-order valence-corrected chi connectivity index (χ2v) is 1.41. The number of halogens is 1. The third-order valence-electron chi connectivity index (χ3n) is 0.686. The first-order valence-corrected chi connectivity index (χ1v) is 2.76. The van der Waals surface area contributed by atoms with Gasteiger partial charge in [-0.1, -0.05) is 0 Å². The monoisotopic (exact) mass is 306 g/mol. The summed E-state index contributed by atoms with van der Waals surface area (Å²) in [5, 5.41) is 0. The summed E-state index contributed by atoms with van der Waals surface area (Å²) in [5.74, 6) is -0.150. The Balaban J connectivity index is -0.000000245. The van der Waals surface area contributed by atoms with Crippen LogP contribution < -0.4 is 24.0 Å². The predicted octanol–water partition coefficient (Wildman–Crippen LogP) is -1.83. The summed E-state index contributed by atoms with van der Waals surface area (Å²) >= 11 is 0. The third-order valence-corrected chi connectivity index (χ3v) is 0.686. The van der Waals surface area contributed by atoms with Crippen LogP contribution in [0.25, 0.3) is 0 Å². The van der Waals surface area contributed by atoms with Crippen molar-refractivity contribution in [1.82, 2.24) is 0 Å². The first kappa shape index (κ1) is 17.1. The first-order valence-electron chi connectivity index (χ1n) is 2.76. The van der Waals surface area contributed by atoms with Gasteiger partial charge in [0, 0.05) is 6.42 Å². The van der Waals surface area contributed by atoms with Crippen LogP contribution in [-0.4, -0.2) is 12.6 Å². The Morgan fingerprint density at radius 3 is 2.40 bits per heavy atom.